The molecule has 0 saturated heterocycles. The summed E-state index contributed by atoms with van der Waals surface area (Å²) >= 11 is 3.69. The van der Waals surface area contributed by atoms with Gasteiger partial charge in [-0.25, -0.2) is 13.6 Å². The Morgan fingerprint density at radius 1 is 1.44 bits per heavy atom. The number of hydrogen-bond acceptors (Lipinski definition) is 8. The van der Waals surface area contributed by atoms with Crippen molar-refractivity contribution < 1.29 is 13.5 Å². The number of nitrogens with one attached hydrogen (secondary N) is 1. The number of aromatic nitrogens is 4. The Balaban J connectivity index is 2.16. The highest BCUT2D eigenvalue weighted by atomic mass is 127. The molecular formula is C15H17IN6O3S2. The lowest BCUT2D eigenvalue weighted by molar-refractivity contribution is 0.110. The lowest BCUT2D eigenvalue weighted by Crippen LogP contribution is -2.16. The van der Waals surface area contributed by atoms with Gasteiger partial charge in [0, 0.05) is 27.1 Å². The van der Waals surface area contributed by atoms with Gasteiger partial charge in [-0.1, -0.05) is 28.7 Å². The van der Waals surface area contributed by atoms with Gasteiger partial charge in [-0.3, -0.25) is 0 Å². The Morgan fingerprint density at radius 2 is 2.22 bits per heavy atom. The third kappa shape index (κ3) is 4.45. The first-order chi connectivity index (χ1) is 12.8. The van der Waals surface area contributed by atoms with E-state index in [0.29, 0.717) is 27.8 Å². The van der Waals surface area contributed by atoms with E-state index in [4.69, 9.17) is 5.14 Å². The minimum atomic E-state index is -3.94. The summed E-state index contributed by atoms with van der Waals surface area (Å²) in [5, 5.41) is 31.9. The maximum atomic E-state index is 12.1. The Bertz CT molecular complexity index is 1030. The summed E-state index contributed by atoms with van der Waals surface area (Å²) in [5.74, 6) is 0.239. The number of rotatable bonds is 7. The molecule has 0 aliphatic heterocycles. The zero-order valence-electron chi connectivity index (χ0n) is 14.2. The van der Waals surface area contributed by atoms with Crippen LogP contribution < -0.4 is 10.5 Å². The molecule has 0 aliphatic rings. The van der Waals surface area contributed by atoms with Crippen LogP contribution in [0.15, 0.2) is 34.5 Å². The summed E-state index contributed by atoms with van der Waals surface area (Å²) < 4.78 is 25.8. The van der Waals surface area contributed by atoms with Gasteiger partial charge in [-0.05, 0) is 46.5 Å². The van der Waals surface area contributed by atoms with E-state index in [1.807, 2.05) is 17.5 Å². The highest BCUT2D eigenvalue weighted by Gasteiger charge is 2.22. The van der Waals surface area contributed by atoms with Crippen LogP contribution in [0.25, 0.3) is 11.4 Å². The molecule has 0 saturated carbocycles. The molecule has 12 heteroatoms. The molecule has 144 valence electrons. The largest absolute Gasteiger partial charge is 0.380 e. The maximum Gasteiger partial charge on any atom is 0.238 e. The molecule has 2 aromatic heterocycles. The minimum absolute atomic E-state index is 0.00807. The third-order valence-corrected chi connectivity index (χ3v) is 6.46. The standard InChI is InChI=1S/C15H17IN6O3S2/c1-9(23)22-15(19-20-21-22)12-6-14(27(17,24)25)10(7-16)5-13(12)18-8-11-3-2-4-26-11/h2-6,9,18,23H,7-8H2,1H3,(H2,17,24,25). The monoisotopic (exact) mass is 520 g/mol. The van der Waals surface area contributed by atoms with Gasteiger partial charge in [0.05, 0.1) is 4.90 Å². The fraction of sp³-hybridized carbons (Fsp3) is 0.267. The molecule has 27 heavy (non-hydrogen) atoms. The predicted octanol–water partition coefficient (Wildman–Crippen LogP) is 2.11. The molecule has 0 radical (unpaired) electrons. The van der Waals surface area contributed by atoms with Crippen LogP contribution >= 0.6 is 33.9 Å². The second kappa shape index (κ2) is 8.18. The number of sulfonamides is 1. The van der Waals surface area contributed by atoms with Gasteiger partial charge in [-0.15, -0.1) is 16.4 Å². The number of hydrogen-bond donors (Lipinski definition) is 3. The minimum Gasteiger partial charge on any atom is -0.380 e. The van der Waals surface area contributed by atoms with Crippen molar-refractivity contribution in [1.82, 2.24) is 20.2 Å². The van der Waals surface area contributed by atoms with E-state index < -0.39 is 16.3 Å². The first-order valence-electron chi connectivity index (χ1n) is 7.79. The number of alkyl halides is 1. The van der Waals surface area contributed by atoms with Gasteiger partial charge in [0.2, 0.25) is 10.0 Å². The zero-order chi connectivity index (χ0) is 19.6. The van der Waals surface area contributed by atoms with Crippen LogP contribution in [-0.4, -0.2) is 33.7 Å². The van der Waals surface area contributed by atoms with Gasteiger partial charge in [-0.2, -0.15) is 4.68 Å². The topological polar surface area (TPSA) is 136 Å². The fourth-order valence-corrected chi connectivity index (χ4v) is 4.86. The van der Waals surface area contributed by atoms with Crippen LogP contribution in [0.3, 0.4) is 0 Å². The third-order valence-electron chi connectivity index (χ3n) is 3.77. The molecule has 9 nitrogen and oxygen atoms in total. The Kier molecular flexibility index (Phi) is 6.10. The first kappa shape index (κ1) is 20.1. The number of primary sulfonamides is 1. The zero-order valence-corrected chi connectivity index (χ0v) is 18.0. The molecule has 3 aromatic rings. The molecule has 0 amide bonds. The highest BCUT2D eigenvalue weighted by molar-refractivity contribution is 14.1. The van der Waals surface area contributed by atoms with E-state index in [1.54, 1.807) is 17.4 Å². The summed E-state index contributed by atoms with van der Waals surface area (Å²) in [7, 11) is -3.94. The molecule has 0 aliphatic carbocycles. The van der Waals surface area contributed by atoms with E-state index >= 15 is 0 Å². The van der Waals surface area contributed by atoms with Crippen molar-refractivity contribution >= 4 is 49.6 Å². The SMILES string of the molecule is CC(O)n1nnnc1-c1cc(S(N)(=O)=O)c(CI)cc1NCc1cccs1. The fourth-order valence-electron chi connectivity index (χ4n) is 2.54. The molecule has 0 spiro atoms. The Morgan fingerprint density at radius 3 is 2.81 bits per heavy atom. The molecular weight excluding hydrogens is 503 g/mol. The number of aliphatic hydroxyl groups is 1. The van der Waals surface area contributed by atoms with Crippen LogP contribution in [0.4, 0.5) is 5.69 Å². The Hall–Kier alpha value is -1.61. The summed E-state index contributed by atoms with van der Waals surface area (Å²) in [5.41, 5.74) is 1.67. The molecule has 2 heterocycles. The number of tetrazole rings is 1. The maximum absolute atomic E-state index is 12.1. The number of thiophene rings is 1. The number of anilines is 1. The lowest BCUT2D eigenvalue weighted by Gasteiger charge is -2.16. The summed E-state index contributed by atoms with van der Waals surface area (Å²) in [4.78, 5) is 1.12. The molecule has 4 N–H and O–H groups in total. The van der Waals surface area contributed by atoms with Gasteiger partial charge in [0.15, 0.2) is 5.82 Å². The number of nitrogens with two attached hydrogens (primary N) is 1. The van der Waals surface area contributed by atoms with Gasteiger partial charge >= 0.3 is 0 Å². The molecule has 3 rings (SSSR count). The Labute approximate surface area is 173 Å². The van der Waals surface area contributed by atoms with Crippen LogP contribution in [-0.2, 0) is 21.0 Å². The number of halogens is 1. The van der Waals surface area contributed by atoms with Crippen LogP contribution in [0.5, 0.6) is 0 Å². The van der Waals surface area contributed by atoms with Crippen molar-refractivity contribution in [2.45, 2.75) is 29.0 Å². The van der Waals surface area contributed by atoms with Crippen molar-refractivity contribution in [3.63, 3.8) is 0 Å². The van der Waals surface area contributed by atoms with Crippen molar-refractivity contribution in [3.05, 3.63) is 40.1 Å². The van der Waals surface area contributed by atoms with Crippen LogP contribution in [0.2, 0.25) is 0 Å². The van der Waals surface area contributed by atoms with E-state index in [0.717, 1.165) is 4.88 Å². The number of benzene rings is 1. The van der Waals surface area contributed by atoms with Crippen LogP contribution in [0, 0.1) is 0 Å². The smallest absolute Gasteiger partial charge is 0.238 e. The quantitative estimate of drug-likeness (QED) is 0.321. The van der Waals surface area contributed by atoms with Crippen molar-refractivity contribution in [1.29, 1.82) is 0 Å². The van der Waals surface area contributed by atoms with Gasteiger partial charge in [0.25, 0.3) is 0 Å². The normalized spacial score (nSPS) is 12.9. The van der Waals surface area contributed by atoms with E-state index in [9.17, 15) is 13.5 Å². The molecule has 1 atom stereocenters. The van der Waals surface area contributed by atoms with E-state index in [-0.39, 0.29) is 10.7 Å². The van der Waals surface area contributed by atoms with E-state index in [2.05, 4.69) is 43.4 Å². The van der Waals surface area contributed by atoms with Gasteiger partial charge in [0.1, 0.15) is 6.23 Å². The average Bonchev–Trinajstić information content (AvgIpc) is 3.29. The molecule has 0 fully saturated rings. The van der Waals surface area contributed by atoms with Gasteiger partial charge < -0.3 is 10.4 Å². The van der Waals surface area contributed by atoms with Crippen molar-refractivity contribution in [2.24, 2.45) is 5.14 Å². The van der Waals surface area contributed by atoms with Crippen molar-refractivity contribution in [2.75, 3.05) is 5.32 Å². The van der Waals surface area contributed by atoms with Crippen molar-refractivity contribution in [3.8, 4) is 11.4 Å². The summed E-state index contributed by atoms with van der Waals surface area (Å²) in [6, 6.07) is 7.13. The molecule has 0 bridgehead atoms. The van der Waals surface area contributed by atoms with Crippen LogP contribution in [0.1, 0.15) is 23.6 Å². The average molecular weight is 520 g/mol. The number of nitrogens with zero attached hydrogens (tertiary/aromatic N) is 4. The highest BCUT2D eigenvalue weighted by Crippen LogP contribution is 2.33. The summed E-state index contributed by atoms with van der Waals surface area (Å²) in [6.07, 6.45) is -0.984. The predicted molar refractivity (Wildman–Crippen MR) is 111 cm³/mol. The summed E-state index contributed by atoms with van der Waals surface area (Å²) in [6.45, 7) is 2.06. The second-order valence-electron chi connectivity index (χ2n) is 5.70. The molecule has 1 unspecified atom stereocenters. The second-order valence-corrected chi connectivity index (χ2v) is 9.02. The lowest BCUT2D eigenvalue weighted by atomic mass is 10.1. The molecule has 1 aromatic carbocycles. The number of aliphatic hydroxyl groups excluding tert-OH is 1. The first-order valence-corrected chi connectivity index (χ1v) is 11.7. The van der Waals surface area contributed by atoms with E-state index in [1.165, 1.54) is 17.7 Å².